The smallest absolute Gasteiger partial charge is 0.140 e. The Kier molecular flexibility index (Phi) is 5.63. The number of aromatic nitrogens is 3. The van der Waals surface area contributed by atoms with Crippen molar-refractivity contribution in [3.05, 3.63) is 12.2 Å². The second-order valence-corrected chi connectivity index (χ2v) is 4.16. The van der Waals surface area contributed by atoms with Gasteiger partial charge in [0.05, 0.1) is 6.54 Å². The Morgan fingerprint density at radius 3 is 3.00 bits per heavy atom. The number of aryl methyl sites for hydroxylation is 1. The van der Waals surface area contributed by atoms with Gasteiger partial charge in [-0.05, 0) is 31.4 Å². The molecule has 0 aliphatic carbocycles. The summed E-state index contributed by atoms with van der Waals surface area (Å²) in [4.78, 5) is 4.13. The van der Waals surface area contributed by atoms with Crippen molar-refractivity contribution in [1.29, 1.82) is 0 Å². The van der Waals surface area contributed by atoms with E-state index in [1.54, 1.807) is 11.0 Å². The van der Waals surface area contributed by atoms with Crippen LogP contribution in [0, 0.1) is 0 Å². The van der Waals surface area contributed by atoms with Gasteiger partial charge < -0.3 is 5.32 Å². The van der Waals surface area contributed by atoms with Crippen LogP contribution in [0.5, 0.6) is 0 Å². The fraction of sp³-hybridized carbons (Fsp3) is 0.778. The molecule has 80 valence electrons. The van der Waals surface area contributed by atoms with Crippen LogP contribution in [0.2, 0.25) is 0 Å². The third-order valence-corrected chi connectivity index (χ3v) is 2.74. The summed E-state index contributed by atoms with van der Waals surface area (Å²) in [6, 6.07) is 0. The van der Waals surface area contributed by atoms with Gasteiger partial charge >= 0.3 is 0 Å². The molecule has 1 rings (SSSR count). The van der Waals surface area contributed by atoms with Gasteiger partial charge in [-0.2, -0.15) is 16.9 Å². The van der Waals surface area contributed by atoms with Gasteiger partial charge in [0.2, 0.25) is 0 Å². The minimum atomic E-state index is 0.815. The summed E-state index contributed by atoms with van der Waals surface area (Å²) in [5, 5.41) is 7.36. The largest absolute Gasteiger partial charge is 0.310 e. The lowest BCUT2D eigenvalue weighted by Crippen LogP contribution is -2.17. The van der Waals surface area contributed by atoms with Crippen molar-refractivity contribution in [2.45, 2.75) is 19.4 Å². The van der Waals surface area contributed by atoms with Crippen LogP contribution in [0.15, 0.2) is 6.33 Å². The van der Waals surface area contributed by atoms with Gasteiger partial charge in [0.1, 0.15) is 12.2 Å². The Bertz CT molecular complexity index is 249. The van der Waals surface area contributed by atoms with Gasteiger partial charge in [-0.3, -0.25) is 4.68 Å². The van der Waals surface area contributed by atoms with Crippen molar-refractivity contribution in [2.75, 3.05) is 18.6 Å². The van der Waals surface area contributed by atoms with E-state index in [4.69, 9.17) is 0 Å². The predicted molar refractivity (Wildman–Crippen MR) is 60.3 cm³/mol. The van der Waals surface area contributed by atoms with Crippen LogP contribution >= 0.6 is 11.8 Å². The van der Waals surface area contributed by atoms with E-state index in [-0.39, 0.29) is 0 Å². The highest BCUT2D eigenvalue weighted by Crippen LogP contribution is 1.98. The van der Waals surface area contributed by atoms with E-state index in [1.807, 2.05) is 18.8 Å². The zero-order chi connectivity index (χ0) is 10.2. The molecule has 1 heterocycles. The number of thioether (sulfide) groups is 1. The Labute approximate surface area is 89.5 Å². The van der Waals surface area contributed by atoms with Crippen molar-refractivity contribution >= 4 is 11.8 Å². The minimum absolute atomic E-state index is 0.815. The molecule has 0 fully saturated rings. The molecular weight excluding hydrogens is 196 g/mol. The maximum Gasteiger partial charge on any atom is 0.140 e. The van der Waals surface area contributed by atoms with Crippen LogP contribution in [0.1, 0.15) is 18.7 Å². The third kappa shape index (κ3) is 4.11. The average Bonchev–Trinajstić information content (AvgIpc) is 2.58. The summed E-state index contributed by atoms with van der Waals surface area (Å²) in [7, 11) is 1.91. The molecule has 0 unspecified atom stereocenters. The zero-order valence-electron chi connectivity index (χ0n) is 8.86. The Hall–Kier alpha value is -0.550. The number of unbranched alkanes of at least 4 members (excludes halogenated alkanes) is 1. The first-order chi connectivity index (χ1) is 6.84. The van der Waals surface area contributed by atoms with Crippen molar-refractivity contribution < 1.29 is 0 Å². The molecular formula is C9H18N4S. The van der Waals surface area contributed by atoms with E-state index in [1.165, 1.54) is 18.6 Å². The highest BCUT2D eigenvalue weighted by atomic mass is 32.2. The fourth-order valence-electron chi connectivity index (χ4n) is 1.18. The molecule has 0 atom stereocenters. The van der Waals surface area contributed by atoms with Gasteiger partial charge in [-0.1, -0.05) is 0 Å². The average molecular weight is 214 g/mol. The first kappa shape index (κ1) is 11.5. The number of rotatable bonds is 7. The third-order valence-electron chi connectivity index (χ3n) is 2.04. The topological polar surface area (TPSA) is 42.7 Å². The van der Waals surface area contributed by atoms with Crippen molar-refractivity contribution in [3.63, 3.8) is 0 Å². The molecule has 0 saturated heterocycles. The first-order valence-corrected chi connectivity index (χ1v) is 6.26. The van der Waals surface area contributed by atoms with Crippen LogP contribution < -0.4 is 5.32 Å². The van der Waals surface area contributed by atoms with E-state index in [2.05, 4.69) is 21.7 Å². The molecule has 0 aromatic carbocycles. The molecule has 5 heteroatoms. The van der Waals surface area contributed by atoms with Crippen LogP contribution in [0.3, 0.4) is 0 Å². The summed E-state index contributed by atoms with van der Waals surface area (Å²) in [6.07, 6.45) is 6.25. The molecule has 4 nitrogen and oxygen atoms in total. The molecule has 14 heavy (non-hydrogen) atoms. The highest BCUT2D eigenvalue weighted by Gasteiger charge is 1.97. The van der Waals surface area contributed by atoms with Gasteiger partial charge in [-0.15, -0.1) is 0 Å². The number of hydrogen-bond acceptors (Lipinski definition) is 4. The first-order valence-electron chi connectivity index (χ1n) is 4.87. The summed E-state index contributed by atoms with van der Waals surface area (Å²) in [5.74, 6) is 2.25. The molecule has 1 aromatic rings. The lowest BCUT2D eigenvalue weighted by Gasteiger charge is -2.03. The maximum atomic E-state index is 4.13. The van der Waals surface area contributed by atoms with Crippen molar-refractivity contribution in [2.24, 2.45) is 7.05 Å². The molecule has 0 radical (unpaired) electrons. The van der Waals surface area contributed by atoms with E-state index in [0.717, 1.165) is 18.9 Å². The number of nitrogens with one attached hydrogen (secondary N) is 1. The number of nitrogens with zero attached hydrogens (tertiary/aromatic N) is 3. The van der Waals surface area contributed by atoms with Crippen LogP contribution in [0.25, 0.3) is 0 Å². The minimum Gasteiger partial charge on any atom is -0.310 e. The quantitative estimate of drug-likeness (QED) is 0.689. The second-order valence-electron chi connectivity index (χ2n) is 3.18. The van der Waals surface area contributed by atoms with Gasteiger partial charge in [0, 0.05) is 7.05 Å². The van der Waals surface area contributed by atoms with Crippen LogP contribution in [0.4, 0.5) is 0 Å². The Morgan fingerprint density at radius 2 is 2.36 bits per heavy atom. The molecule has 1 N–H and O–H groups in total. The number of hydrogen-bond donors (Lipinski definition) is 1. The Balaban J connectivity index is 2.02. The van der Waals surface area contributed by atoms with Crippen LogP contribution in [-0.4, -0.2) is 33.3 Å². The molecule has 0 saturated carbocycles. The monoisotopic (exact) mass is 214 g/mol. The molecule has 0 aliphatic heterocycles. The highest BCUT2D eigenvalue weighted by molar-refractivity contribution is 7.98. The Morgan fingerprint density at radius 1 is 1.50 bits per heavy atom. The van der Waals surface area contributed by atoms with E-state index >= 15 is 0 Å². The van der Waals surface area contributed by atoms with Crippen molar-refractivity contribution in [3.8, 4) is 0 Å². The molecule has 0 spiro atoms. The fourth-order valence-corrected chi connectivity index (χ4v) is 1.67. The van der Waals surface area contributed by atoms with Gasteiger partial charge in [-0.25, -0.2) is 4.98 Å². The lowest BCUT2D eigenvalue weighted by molar-refractivity contribution is 0.594. The molecule has 0 aliphatic rings. The maximum absolute atomic E-state index is 4.13. The van der Waals surface area contributed by atoms with Crippen LogP contribution in [-0.2, 0) is 13.6 Å². The van der Waals surface area contributed by atoms with Gasteiger partial charge in [0.25, 0.3) is 0 Å². The van der Waals surface area contributed by atoms with Crippen molar-refractivity contribution in [1.82, 2.24) is 20.1 Å². The van der Waals surface area contributed by atoms with Gasteiger partial charge in [0.15, 0.2) is 0 Å². The summed E-state index contributed by atoms with van der Waals surface area (Å²) in [5.41, 5.74) is 0. The SMILES string of the molecule is CSCCCCNCc1ncnn1C. The van der Waals surface area contributed by atoms with E-state index in [9.17, 15) is 0 Å². The summed E-state index contributed by atoms with van der Waals surface area (Å²) >= 11 is 1.91. The van der Waals surface area contributed by atoms with E-state index in [0.29, 0.717) is 0 Å². The molecule has 1 aromatic heterocycles. The molecule has 0 bridgehead atoms. The normalized spacial score (nSPS) is 10.7. The van der Waals surface area contributed by atoms with E-state index < -0.39 is 0 Å². The summed E-state index contributed by atoms with van der Waals surface area (Å²) < 4.78 is 1.80. The standard InChI is InChI=1S/C9H18N4S/c1-13-9(11-8-12-13)7-10-5-3-4-6-14-2/h8,10H,3-7H2,1-2H3. The lowest BCUT2D eigenvalue weighted by atomic mass is 10.3. The summed E-state index contributed by atoms with van der Waals surface area (Å²) in [6.45, 7) is 1.88. The zero-order valence-corrected chi connectivity index (χ0v) is 9.68. The predicted octanol–water partition coefficient (Wildman–Crippen LogP) is 1.05. The molecule has 0 amide bonds. The second kappa shape index (κ2) is 6.84.